The molecule has 1 aliphatic rings. The summed E-state index contributed by atoms with van der Waals surface area (Å²) < 4.78 is 11.1. The fourth-order valence-corrected chi connectivity index (χ4v) is 2.48. The van der Waals surface area contributed by atoms with Crippen LogP contribution in [-0.4, -0.2) is 35.6 Å². The number of amides is 1. The van der Waals surface area contributed by atoms with E-state index in [1.54, 1.807) is 0 Å². The van der Waals surface area contributed by atoms with Crippen LogP contribution in [0, 0.1) is 0 Å². The van der Waals surface area contributed by atoms with E-state index in [2.05, 4.69) is 5.32 Å². The first-order valence-electron chi connectivity index (χ1n) is 7.20. The molecule has 0 spiro atoms. The Morgan fingerprint density at radius 3 is 2.57 bits per heavy atom. The van der Waals surface area contributed by atoms with Crippen LogP contribution in [-0.2, 0) is 16.0 Å². The Bertz CT molecular complexity index is 478. The number of nitrogens with one attached hydrogen (secondary N) is 1. The molecular formula is C16H23NO4. The lowest BCUT2D eigenvalue weighted by Gasteiger charge is -2.28. The first-order valence-corrected chi connectivity index (χ1v) is 7.20. The Hall–Kier alpha value is -1.59. The second-order valence-electron chi connectivity index (χ2n) is 6.08. The molecule has 2 rings (SSSR count). The third-order valence-corrected chi connectivity index (χ3v) is 3.80. The molecule has 21 heavy (non-hydrogen) atoms. The quantitative estimate of drug-likeness (QED) is 0.873. The van der Waals surface area contributed by atoms with Gasteiger partial charge in [0.25, 0.3) is 0 Å². The minimum absolute atomic E-state index is 0.0250. The zero-order chi connectivity index (χ0) is 15.3. The molecule has 1 fully saturated rings. The van der Waals surface area contributed by atoms with Crippen molar-refractivity contribution in [2.24, 2.45) is 0 Å². The highest BCUT2D eigenvalue weighted by Crippen LogP contribution is 2.37. The molecule has 5 heteroatoms. The Kier molecular flexibility index (Phi) is 4.85. The summed E-state index contributed by atoms with van der Waals surface area (Å²) in [6.07, 6.45) is 1.06. The number of rotatable bonds is 5. The highest BCUT2D eigenvalue weighted by molar-refractivity contribution is 5.67. The highest BCUT2D eigenvalue weighted by Gasteiger charge is 2.44. The number of carbonyl (C=O) groups excluding carboxylic acids is 1. The van der Waals surface area contributed by atoms with E-state index in [4.69, 9.17) is 9.47 Å². The average Bonchev–Trinajstić information content (AvgIpc) is 2.81. The van der Waals surface area contributed by atoms with Crippen LogP contribution in [0.1, 0.15) is 32.3 Å². The number of aliphatic hydroxyl groups is 1. The summed E-state index contributed by atoms with van der Waals surface area (Å²) >= 11 is 0. The largest absolute Gasteiger partial charge is 0.446 e. The second-order valence-corrected chi connectivity index (χ2v) is 6.08. The molecule has 2 N–H and O–H groups in total. The molecule has 1 amide bonds. The van der Waals surface area contributed by atoms with Crippen molar-refractivity contribution < 1.29 is 19.4 Å². The van der Waals surface area contributed by atoms with Gasteiger partial charge in [-0.3, -0.25) is 0 Å². The van der Waals surface area contributed by atoms with E-state index in [-0.39, 0.29) is 13.2 Å². The van der Waals surface area contributed by atoms with Gasteiger partial charge in [0, 0.05) is 6.54 Å². The van der Waals surface area contributed by atoms with Gasteiger partial charge >= 0.3 is 6.09 Å². The van der Waals surface area contributed by atoms with Crippen LogP contribution >= 0.6 is 0 Å². The van der Waals surface area contributed by atoms with Gasteiger partial charge in [0.2, 0.25) is 0 Å². The van der Waals surface area contributed by atoms with Crippen molar-refractivity contribution in [3.8, 4) is 0 Å². The van der Waals surface area contributed by atoms with Gasteiger partial charge in [0.05, 0.1) is 12.2 Å². The normalized spacial score (nSPS) is 28.3. The zero-order valence-corrected chi connectivity index (χ0v) is 12.6. The number of carbonyl (C=O) groups is 1. The van der Waals surface area contributed by atoms with Crippen LogP contribution in [0.2, 0.25) is 0 Å². The third-order valence-electron chi connectivity index (χ3n) is 3.80. The molecule has 0 unspecified atom stereocenters. The topological polar surface area (TPSA) is 67.8 Å². The number of ether oxygens (including phenoxy) is 2. The van der Waals surface area contributed by atoms with E-state index in [0.29, 0.717) is 6.54 Å². The lowest BCUT2D eigenvalue weighted by molar-refractivity contribution is -0.125. The molecule has 1 aromatic rings. The van der Waals surface area contributed by atoms with Crippen molar-refractivity contribution in [1.29, 1.82) is 0 Å². The van der Waals surface area contributed by atoms with Crippen molar-refractivity contribution in [3.05, 3.63) is 35.9 Å². The number of benzene rings is 1. The molecule has 0 aliphatic carbocycles. The zero-order valence-electron chi connectivity index (χ0n) is 12.6. The van der Waals surface area contributed by atoms with Crippen LogP contribution in [0.15, 0.2) is 30.3 Å². The predicted molar refractivity (Wildman–Crippen MR) is 78.8 cm³/mol. The van der Waals surface area contributed by atoms with Crippen LogP contribution in [0.3, 0.4) is 0 Å². The molecule has 0 saturated carbocycles. The maximum atomic E-state index is 11.7. The van der Waals surface area contributed by atoms with Gasteiger partial charge in [-0.1, -0.05) is 30.3 Å². The molecule has 1 heterocycles. The summed E-state index contributed by atoms with van der Waals surface area (Å²) in [6, 6.07) is 9.65. The summed E-state index contributed by atoms with van der Waals surface area (Å²) in [7, 11) is 0. The third kappa shape index (κ3) is 4.44. The molecule has 116 valence electrons. The van der Waals surface area contributed by atoms with E-state index in [9.17, 15) is 9.90 Å². The molecule has 1 aliphatic heterocycles. The molecule has 0 radical (unpaired) electrons. The first kappa shape index (κ1) is 15.8. The molecule has 1 saturated heterocycles. The Labute approximate surface area is 125 Å². The Morgan fingerprint density at radius 2 is 1.95 bits per heavy atom. The Morgan fingerprint density at radius 1 is 1.29 bits per heavy atom. The predicted octanol–water partition coefficient (Wildman–Crippen LogP) is 2.23. The summed E-state index contributed by atoms with van der Waals surface area (Å²) in [5.74, 6) is 0. The average molecular weight is 293 g/mol. The van der Waals surface area contributed by atoms with E-state index >= 15 is 0 Å². The van der Waals surface area contributed by atoms with Crippen molar-refractivity contribution in [1.82, 2.24) is 5.32 Å². The van der Waals surface area contributed by atoms with Crippen LogP contribution in [0.4, 0.5) is 4.79 Å². The molecule has 1 aromatic carbocycles. The lowest BCUT2D eigenvalue weighted by atomic mass is 9.99. The van der Waals surface area contributed by atoms with E-state index < -0.39 is 17.3 Å². The fraction of sp³-hybridized carbons (Fsp3) is 0.562. The van der Waals surface area contributed by atoms with Gasteiger partial charge in [-0.05, 0) is 32.3 Å². The van der Waals surface area contributed by atoms with E-state index in [0.717, 1.165) is 18.4 Å². The van der Waals surface area contributed by atoms with Crippen LogP contribution in [0.25, 0.3) is 0 Å². The minimum atomic E-state index is -0.529. The highest BCUT2D eigenvalue weighted by atomic mass is 16.6. The van der Waals surface area contributed by atoms with Crippen molar-refractivity contribution in [3.63, 3.8) is 0 Å². The molecular weight excluding hydrogens is 270 g/mol. The van der Waals surface area contributed by atoms with Gasteiger partial charge in [0.15, 0.2) is 0 Å². The van der Waals surface area contributed by atoms with Crippen LogP contribution < -0.4 is 5.32 Å². The van der Waals surface area contributed by atoms with Gasteiger partial charge < -0.3 is 19.9 Å². The summed E-state index contributed by atoms with van der Waals surface area (Å²) in [5, 5.41) is 12.0. The maximum absolute atomic E-state index is 11.7. The number of alkyl carbamates (subject to hydrolysis) is 1. The standard InChI is InChI=1S/C16H23NO4/c1-15(11-18)8-9-16(2,21-15)12-20-14(19)17-10-13-6-4-3-5-7-13/h3-7,18H,8-12H2,1-2H3,(H,17,19)/t15-,16+/m0/s1. The van der Waals surface area contributed by atoms with Crippen LogP contribution in [0.5, 0.6) is 0 Å². The van der Waals surface area contributed by atoms with Crippen molar-refractivity contribution in [2.75, 3.05) is 13.2 Å². The van der Waals surface area contributed by atoms with E-state index in [1.807, 2.05) is 44.2 Å². The van der Waals surface area contributed by atoms with E-state index in [1.165, 1.54) is 0 Å². The summed E-state index contributed by atoms with van der Waals surface area (Å²) in [6.45, 7) is 4.36. The first-order chi connectivity index (χ1) is 9.95. The minimum Gasteiger partial charge on any atom is -0.446 e. The summed E-state index contributed by atoms with van der Waals surface area (Å²) in [5.41, 5.74) is -0.0363. The fourth-order valence-electron chi connectivity index (χ4n) is 2.48. The number of aliphatic hydroxyl groups excluding tert-OH is 1. The number of hydrogen-bond donors (Lipinski definition) is 2. The SMILES string of the molecule is C[C@@]1(CO)CC[C@](C)(COC(=O)NCc2ccccc2)O1. The monoisotopic (exact) mass is 293 g/mol. The van der Waals surface area contributed by atoms with Gasteiger partial charge in [-0.2, -0.15) is 0 Å². The molecule has 0 aromatic heterocycles. The number of hydrogen-bond acceptors (Lipinski definition) is 4. The van der Waals surface area contributed by atoms with Crippen molar-refractivity contribution in [2.45, 2.75) is 44.4 Å². The molecule has 5 nitrogen and oxygen atoms in total. The molecule has 2 atom stereocenters. The second kappa shape index (κ2) is 6.45. The van der Waals surface area contributed by atoms with Gasteiger partial charge in [-0.25, -0.2) is 4.79 Å². The smallest absolute Gasteiger partial charge is 0.407 e. The summed E-state index contributed by atoms with van der Waals surface area (Å²) in [4.78, 5) is 11.7. The van der Waals surface area contributed by atoms with Crippen molar-refractivity contribution >= 4 is 6.09 Å². The Balaban J connectivity index is 1.74. The van der Waals surface area contributed by atoms with Gasteiger partial charge in [-0.15, -0.1) is 0 Å². The molecule has 0 bridgehead atoms. The lowest BCUT2D eigenvalue weighted by Crippen LogP contribution is -2.39. The maximum Gasteiger partial charge on any atom is 0.407 e. The van der Waals surface area contributed by atoms with Gasteiger partial charge in [0.1, 0.15) is 12.2 Å².